The van der Waals surface area contributed by atoms with Gasteiger partial charge >= 0.3 is 0 Å². The monoisotopic (exact) mass is 290 g/mol. The molecule has 0 aliphatic rings. The average molecular weight is 290 g/mol. The van der Waals surface area contributed by atoms with Crippen LogP contribution in [0, 0.1) is 0 Å². The van der Waals surface area contributed by atoms with Crippen molar-refractivity contribution in [1.82, 2.24) is 10.6 Å². The maximum absolute atomic E-state index is 11.9. The van der Waals surface area contributed by atoms with Gasteiger partial charge < -0.3 is 15.4 Å². The first-order chi connectivity index (χ1) is 9.81. The summed E-state index contributed by atoms with van der Waals surface area (Å²) in [6, 6.07) is 7.57. The van der Waals surface area contributed by atoms with Crippen LogP contribution in [0.2, 0.25) is 0 Å². The Morgan fingerprint density at radius 3 is 2.48 bits per heavy atom. The maximum Gasteiger partial charge on any atom is 0.237 e. The van der Waals surface area contributed by atoms with Crippen LogP contribution < -0.4 is 15.4 Å². The molecule has 1 unspecified atom stereocenters. The third-order valence-electron chi connectivity index (χ3n) is 2.80. The third-order valence-corrected chi connectivity index (χ3v) is 2.80. The van der Waals surface area contributed by atoms with Crippen molar-refractivity contribution in [3.63, 3.8) is 0 Å². The summed E-state index contributed by atoms with van der Waals surface area (Å²) < 4.78 is 5.43. The topological polar surface area (TPSA) is 50.4 Å². The van der Waals surface area contributed by atoms with Gasteiger partial charge in [0.1, 0.15) is 12.4 Å². The Hall–Kier alpha value is -1.81. The summed E-state index contributed by atoms with van der Waals surface area (Å²) in [6.45, 7) is 12.5. The number of carbonyl (C=O) groups excluding carboxylic acids is 1. The Kier molecular flexibility index (Phi) is 6.43. The van der Waals surface area contributed by atoms with Gasteiger partial charge in [0, 0.05) is 12.1 Å². The SMILES string of the molecule is C=CCOc1ccc(CNC(C)C(=O)NC(C)(C)C)cc1. The average Bonchev–Trinajstić information content (AvgIpc) is 2.41. The molecule has 116 valence electrons. The van der Waals surface area contributed by atoms with Crippen molar-refractivity contribution in [3.8, 4) is 5.75 Å². The van der Waals surface area contributed by atoms with Gasteiger partial charge in [-0.2, -0.15) is 0 Å². The Balaban J connectivity index is 2.44. The van der Waals surface area contributed by atoms with Crippen LogP contribution in [0.5, 0.6) is 5.75 Å². The summed E-state index contributed by atoms with van der Waals surface area (Å²) >= 11 is 0. The molecule has 4 heteroatoms. The minimum atomic E-state index is -0.235. The highest BCUT2D eigenvalue weighted by Crippen LogP contribution is 2.12. The van der Waals surface area contributed by atoms with Crippen LogP contribution in [0.4, 0.5) is 0 Å². The number of hydrogen-bond donors (Lipinski definition) is 2. The molecule has 0 radical (unpaired) electrons. The molecule has 1 rings (SSSR count). The first-order valence-electron chi connectivity index (χ1n) is 7.20. The molecular weight excluding hydrogens is 264 g/mol. The van der Waals surface area contributed by atoms with Crippen LogP contribution in [0.15, 0.2) is 36.9 Å². The Bertz CT molecular complexity index is 461. The fourth-order valence-corrected chi connectivity index (χ4v) is 1.70. The first kappa shape index (κ1) is 17.2. The molecular formula is C17H26N2O2. The van der Waals surface area contributed by atoms with Crippen molar-refractivity contribution < 1.29 is 9.53 Å². The minimum Gasteiger partial charge on any atom is -0.490 e. The summed E-state index contributed by atoms with van der Waals surface area (Å²) in [4.78, 5) is 11.9. The smallest absolute Gasteiger partial charge is 0.237 e. The van der Waals surface area contributed by atoms with E-state index in [1.54, 1.807) is 6.08 Å². The molecule has 2 N–H and O–H groups in total. The molecule has 0 aliphatic carbocycles. The number of ether oxygens (including phenoxy) is 1. The van der Waals surface area contributed by atoms with E-state index in [4.69, 9.17) is 4.74 Å². The summed E-state index contributed by atoms with van der Waals surface area (Å²) in [5, 5.41) is 6.17. The number of rotatable bonds is 7. The fraction of sp³-hybridized carbons (Fsp3) is 0.471. The normalized spacial score (nSPS) is 12.6. The lowest BCUT2D eigenvalue weighted by Crippen LogP contribution is -2.49. The van der Waals surface area contributed by atoms with E-state index in [0.717, 1.165) is 11.3 Å². The molecule has 0 saturated carbocycles. The fourth-order valence-electron chi connectivity index (χ4n) is 1.70. The molecule has 0 fully saturated rings. The molecule has 1 amide bonds. The second-order valence-electron chi connectivity index (χ2n) is 6.09. The second kappa shape index (κ2) is 7.84. The van der Waals surface area contributed by atoms with Gasteiger partial charge in [-0.3, -0.25) is 4.79 Å². The van der Waals surface area contributed by atoms with Gasteiger partial charge in [-0.1, -0.05) is 24.8 Å². The highest BCUT2D eigenvalue weighted by molar-refractivity contribution is 5.81. The molecule has 1 aromatic rings. The van der Waals surface area contributed by atoms with Crippen LogP contribution in [0.25, 0.3) is 0 Å². The van der Waals surface area contributed by atoms with E-state index in [0.29, 0.717) is 13.2 Å². The molecule has 0 heterocycles. The van der Waals surface area contributed by atoms with E-state index >= 15 is 0 Å². The van der Waals surface area contributed by atoms with E-state index in [-0.39, 0.29) is 17.5 Å². The number of hydrogen-bond acceptors (Lipinski definition) is 3. The summed E-state index contributed by atoms with van der Waals surface area (Å²) in [7, 11) is 0. The number of nitrogens with one attached hydrogen (secondary N) is 2. The van der Waals surface area contributed by atoms with Gasteiger partial charge in [0.15, 0.2) is 0 Å². The van der Waals surface area contributed by atoms with Gasteiger partial charge in [0.25, 0.3) is 0 Å². The number of amides is 1. The van der Waals surface area contributed by atoms with Gasteiger partial charge in [-0.15, -0.1) is 0 Å². The molecule has 0 aromatic heterocycles. The van der Waals surface area contributed by atoms with Crippen molar-refractivity contribution in [1.29, 1.82) is 0 Å². The first-order valence-corrected chi connectivity index (χ1v) is 7.20. The van der Waals surface area contributed by atoms with E-state index in [1.165, 1.54) is 0 Å². The van der Waals surface area contributed by atoms with Crippen LogP contribution in [0.1, 0.15) is 33.3 Å². The van der Waals surface area contributed by atoms with Crippen LogP contribution in [-0.4, -0.2) is 24.1 Å². The number of carbonyl (C=O) groups is 1. The zero-order chi connectivity index (χ0) is 15.9. The van der Waals surface area contributed by atoms with Gasteiger partial charge in [0.05, 0.1) is 6.04 Å². The molecule has 0 bridgehead atoms. The highest BCUT2D eigenvalue weighted by Gasteiger charge is 2.18. The lowest BCUT2D eigenvalue weighted by molar-refractivity contribution is -0.124. The Morgan fingerprint density at radius 1 is 1.33 bits per heavy atom. The largest absolute Gasteiger partial charge is 0.490 e. The molecule has 1 atom stereocenters. The molecule has 0 saturated heterocycles. The van der Waals surface area contributed by atoms with Crippen molar-refractivity contribution in [2.75, 3.05) is 6.61 Å². The quantitative estimate of drug-likeness (QED) is 0.759. The molecule has 1 aromatic carbocycles. The molecule has 0 spiro atoms. The minimum absolute atomic E-state index is 0.00781. The van der Waals surface area contributed by atoms with Crippen molar-refractivity contribution >= 4 is 5.91 Å². The maximum atomic E-state index is 11.9. The molecule has 4 nitrogen and oxygen atoms in total. The lowest BCUT2D eigenvalue weighted by atomic mass is 10.1. The molecule has 0 aliphatic heterocycles. The number of benzene rings is 1. The predicted octanol–water partition coefficient (Wildman–Crippen LogP) is 2.64. The van der Waals surface area contributed by atoms with Crippen LogP contribution in [-0.2, 0) is 11.3 Å². The Labute approximate surface area is 127 Å². The van der Waals surface area contributed by atoms with Gasteiger partial charge in [0.2, 0.25) is 5.91 Å². The zero-order valence-electron chi connectivity index (χ0n) is 13.4. The summed E-state index contributed by atoms with van der Waals surface area (Å²) in [6.07, 6.45) is 1.71. The van der Waals surface area contributed by atoms with Crippen LogP contribution in [0.3, 0.4) is 0 Å². The van der Waals surface area contributed by atoms with Crippen molar-refractivity contribution in [2.45, 2.75) is 45.8 Å². The lowest BCUT2D eigenvalue weighted by Gasteiger charge is -2.23. The Morgan fingerprint density at radius 2 is 1.95 bits per heavy atom. The summed E-state index contributed by atoms with van der Waals surface area (Å²) in [5.74, 6) is 0.825. The van der Waals surface area contributed by atoms with Gasteiger partial charge in [-0.25, -0.2) is 0 Å². The van der Waals surface area contributed by atoms with Gasteiger partial charge in [-0.05, 0) is 45.4 Å². The van der Waals surface area contributed by atoms with Crippen molar-refractivity contribution in [2.24, 2.45) is 0 Å². The predicted molar refractivity (Wildman–Crippen MR) is 86.3 cm³/mol. The molecule has 21 heavy (non-hydrogen) atoms. The van der Waals surface area contributed by atoms with E-state index < -0.39 is 0 Å². The summed E-state index contributed by atoms with van der Waals surface area (Å²) in [5.41, 5.74) is 0.897. The highest BCUT2D eigenvalue weighted by atomic mass is 16.5. The van der Waals surface area contributed by atoms with Crippen molar-refractivity contribution in [3.05, 3.63) is 42.5 Å². The van der Waals surface area contributed by atoms with E-state index in [9.17, 15) is 4.79 Å². The second-order valence-corrected chi connectivity index (χ2v) is 6.09. The van der Waals surface area contributed by atoms with E-state index in [2.05, 4.69) is 17.2 Å². The van der Waals surface area contributed by atoms with E-state index in [1.807, 2.05) is 52.0 Å². The van der Waals surface area contributed by atoms with Crippen LogP contribution >= 0.6 is 0 Å². The standard InChI is InChI=1S/C17H26N2O2/c1-6-11-21-15-9-7-14(8-10-15)12-18-13(2)16(20)19-17(3,4)5/h6-10,13,18H,1,11-12H2,2-5H3,(H,19,20). The zero-order valence-corrected chi connectivity index (χ0v) is 13.4. The third kappa shape index (κ3) is 6.95.